The molecule has 7 heteroatoms. The zero-order chi connectivity index (χ0) is 24.7. The molecule has 0 spiro atoms. The summed E-state index contributed by atoms with van der Waals surface area (Å²) in [4.78, 5) is 41.9. The second-order valence-corrected chi connectivity index (χ2v) is 9.60. The van der Waals surface area contributed by atoms with Crippen LogP contribution >= 0.6 is 0 Å². The minimum atomic E-state index is -0.915. The Labute approximate surface area is 204 Å². The van der Waals surface area contributed by atoms with E-state index in [9.17, 15) is 14.4 Å². The molecule has 1 atom stereocenters. The van der Waals surface area contributed by atoms with Gasteiger partial charge < -0.3 is 15.1 Å². The van der Waals surface area contributed by atoms with E-state index >= 15 is 0 Å². The van der Waals surface area contributed by atoms with Crippen molar-refractivity contribution in [2.24, 2.45) is 5.92 Å². The summed E-state index contributed by atoms with van der Waals surface area (Å²) in [5.74, 6) is -0.0566. The highest BCUT2D eigenvalue weighted by Gasteiger charge is 2.52. The van der Waals surface area contributed by atoms with Crippen LogP contribution in [0.15, 0.2) is 18.2 Å². The van der Waals surface area contributed by atoms with Crippen LogP contribution in [0.2, 0.25) is 0 Å². The Bertz CT molecular complexity index is 873. The lowest BCUT2D eigenvalue weighted by Gasteiger charge is -2.38. The average molecular weight is 471 g/mol. The van der Waals surface area contributed by atoms with Gasteiger partial charge in [-0.05, 0) is 55.7 Å². The average Bonchev–Trinajstić information content (AvgIpc) is 3.49. The number of urea groups is 1. The van der Waals surface area contributed by atoms with Crippen LogP contribution in [-0.2, 0) is 16.0 Å². The summed E-state index contributed by atoms with van der Waals surface area (Å²) < 4.78 is 0. The van der Waals surface area contributed by atoms with E-state index in [1.807, 2.05) is 18.7 Å². The summed E-state index contributed by atoms with van der Waals surface area (Å²) in [6.07, 6.45) is 6.88. The van der Waals surface area contributed by atoms with E-state index in [4.69, 9.17) is 0 Å². The van der Waals surface area contributed by atoms with Crippen LogP contribution in [0, 0.1) is 12.8 Å². The summed E-state index contributed by atoms with van der Waals surface area (Å²) in [6.45, 7) is 11.3. The number of aryl methyl sites for hydroxylation is 2. The van der Waals surface area contributed by atoms with Crippen LogP contribution in [0.4, 0.5) is 10.5 Å². The Morgan fingerprint density at radius 2 is 1.76 bits per heavy atom. The van der Waals surface area contributed by atoms with Gasteiger partial charge in [0.2, 0.25) is 5.91 Å². The normalized spacial score (nSPS) is 22.8. The Kier molecular flexibility index (Phi) is 8.97. The number of hydrogen-bond acceptors (Lipinski definition) is 4. The Morgan fingerprint density at radius 3 is 2.35 bits per heavy atom. The molecule has 3 fully saturated rings. The largest absolute Gasteiger partial charge is 0.368 e. The number of piperazine rings is 1. The van der Waals surface area contributed by atoms with Crippen molar-refractivity contribution in [3.05, 3.63) is 29.3 Å². The predicted molar refractivity (Wildman–Crippen MR) is 136 cm³/mol. The molecule has 1 aromatic rings. The van der Waals surface area contributed by atoms with Crippen LogP contribution in [0.3, 0.4) is 0 Å². The third-order valence-electron chi connectivity index (χ3n) is 7.54. The molecule has 34 heavy (non-hydrogen) atoms. The maximum absolute atomic E-state index is 13.0. The number of rotatable bonds is 7. The van der Waals surface area contributed by atoms with Gasteiger partial charge in [-0.1, -0.05) is 52.2 Å². The maximum atomic E-state index is 13.0. The number of amides is 4. The van der Waals surface area contributed by atoms with E-state index in [0.717, 1.165) is 51.6 Å². The molecular weight excluding hydrogens is 428 g/mol. The Morgan fingerprint density at radius 1 is 1.09 bits per heavy atom. The van der Waals surface area contributed by atoms with Crippen LogP contribution in [0.25, 0.3) is 0 Å². The molecule has 2 N–H and O–H groups in total. The van der Waals surface area contributed by atoms with E-state index < -0.39 is 11.6 Å². The molecular formula is C27H42N4O3. The second-order valence-electron chi connectivity index (χ2n) is 9.60. The topological polar surface area (TPSA) is 81.8 Å². The van der Waals surface area contributed by atoms with E-state index in [-0.39, 0.29) is 24.2 Å². The number of carbonyl (C=O) groups is 3. The van der Waals surface area contributed by atoms with E-state index in [1.165, 1.54) is 16.8 Å². The molecule has 2 aliphatic heterocycles. The standard InChI is InChI=1S/C25H36N4O3.C2H6/c1-3-6-19-10-9-18(2)21(17-19)28-13-15-29(16-14-28)22(30)11-12-25(20-7-4-5-8-20)23(31)26-24(32)27-25;1-2/h9-10,17,20H,3-8,11-16H2,1-2H3,(H2,26,27,31,32);1-2H3. The Hall–Kier alpha value is -2.57. The lowest BCUT2D eigenvalue weighted by Crippen LogP contribution is -2.54. The van der Waals surface area contributed by atoms with E-state index in [0.29, 0.717) is 19.5 Å². The van der Waals surface area contributed by atoms with Crippen molar-refractivity contribution in [2.75, 3.05) is 31.1 Å². The molecule has 1 aromatic carbocycles. The summed E-state index contributed by atoms with van der Waals surface area (Å²) >= 11 is 0. The number of nitrogens with zero attached hydrogens (tertiary/aromatic N) is 2. The van der Waals surface area contributed by atoms with Gasteiger partial charge in [-0.3, -0.25) is 14.9 Å². The van der Waals surface area contributed by atoms with Gasteiger partial charge in [-0.25, -0.2) is 4.79 Å². The van der Waals surface area contributed by atoms with Crippen molar-refractivity contribution < 1.29 is 14.4 Å². The molecule has 7 nitrogen and oxygen atoms in total. The van der Waals surface area contributed by atoms with E-state index in [2.05, 4.69) is 47.6 Å². The Balaban J connectivity index is 0.00000158. The van der Waals surface area contributed by atoms with Crippen molar-refractivity contribution >= 4 is 23.5 Å². The van der Waals surface area contributed by atoms with Gasteiger partial charge >= 0.3 is 6.03 Å². The lowest BCUT2D eigenvalue weighted by atomic mass is 9.79. The number of carbonyl (C=O) groups excluding carboxylic acids is 3. The highest BCUT2D eigenvalue weighted by molar-refractivity contribution is 6.07. The molecule has 4 rings (SSSR count). The van der Waals surface area contributed by atoms with Crippen LogP contribution < -0.4 is 15.5 Å². The number of imide groups is 1. The van der Waals surface area contributed by atoms with Crippen molar-refractivity contribution in [1.29, 1.82) is 0 Å². The molecule has 2 heterocycles. The summed E-state index contributed by atoms with van der Waals surface area (Å²) in [5, 5.41) is 5.30. The molecule has 188 valence electrons. The fraction of sp³-hybridized carbons (Fsp3) is 0.667. The molecule has 0 bridgehead atoms. The fourth-order valence-corrected chi connectivity index (χ4v) is 5.69. The van der Waals surface area contributed by atoms with Gasteiger partial charge in [0.25, 0.3) is 5.91 Å². The van der Waals surface area contributed by atoms with Gasteiger partial charge in [-0.2, -0.15) is 0 Å². The molecule has 1 saturated carbocycles. The highest BCUT2D eigenvalue weighted by Crippen LogP contribution is 2.38. The minimum Gasteiger partial charge on any atom is -0.368 e. The van der Waals surface area contributed by atoms with Crippen molar-refractivity contribution in [2.45, 2.75) is 84.6 Å². The van der Waals surface area contributed by atoms with Crippen molar-refractivity contribution in [3.8, 4) is 0 Å². The molecule has 4 amide bonds. The van der Waals surface area contributed by atoms with Crippen LogP contribution in [-0.4, -0.2) is 54.5 Å². The van der Waals surface area contributed by atoms with Gasteiger partial charge in [0.1, 0.15) is 5.54 Å². The smallest absolute Gasteiger partial charge is 0.322 e. The number of benzene rings is 1. The van der Waals surface area contributed by atoms with Crippen molar-refractivity contribution in [1.82, 2.24) is 15.5 Å². The first-order chi connectivity index (χ1) is 16.4. The quantitative estimate of drug-likeness (QED) is 0.586. The zero-order valence-electron chi connectivity index (χ0n) is 21.4. The third-order valence-corrected chi connectivity index (χ3v) is 7.54. The molecule has 0 aromatic heterocycles. The summed E-state index contributed by atoms with van der Waals surface area (Å²) in [5.41, 5.74) is 2.99. The third kappa shape index (κ3) is 5.56. The minimum absolute atomic E-state index is 0.0763. The first-order valence-electron chi connectivity index (χ1n) is 13.2. The predicted octanol–water partition coefficient (Wildman–Crippen LogP) is 4.17. The molecule has 2 saturated heterocycles. The molecule has 3 aliphatic rings. The van der Waals surface area contributed by atoms with Gasteiger partial charge in [-0.15, -0.1) is 0 Å². The van der Waals surface area contributed by atoms with Gasteiger partial charge in [0.05, 0.1) is 0 Å². The maximum Gasteiger partial charge on any atom is 0.322 e. The highest BCUT2D eigenvalue weighted by atomic mass is 16.2. The van der Waals surface area contributed by atoms with E-state index in [1.54, 1.807) is 0 Å². The van der Waals surface area contributed by atoms with Gasteiger partial charge in [0, 0.05) is 38.3 Å². The molecule has 0 radical (unpaired) electrons. The number of hydrogen-bond donors (Lipinski definition) is 2. The zero-order valence-corrected chi connectivity index (χ0v) is 21.4. The first-order valence-corrected chi connectivity index (χ1v) is 13.2. The summed E-state index contributed by atoms with van der Waals surface area (Å²) in [6, 6.07) is 6.27. The first kappa shape index (κ1) is 26.0. The monoisotopic (exact) mass is 470 g/mol. The fourth-order valence-electron chi connectivity index (χ4n) is 5.69. The molecule has 1 unspecified atom stereocenters. The second kappa shape index (κ2) is 11.7. The summed E-state index contributed by atoms with van der Waals surface area (Å²) in [7, 11) is 0. The van der Waals surface area contributed by atoms with Crippen molar-refractivity contribution in [3.63, 3.8) is 0 Å². The number of anilines is 1. The van der Waals surface area contributed by atoms with Crippen LogP contribution in [0.5, 0.6) is 0 Å². The van der Waals surface area contributed by atoms with Crippen LogP contribution in [0.1, 0.15) is 76.8 Å². The van der Waals surface area contributed by atoms with Gasteiger partial charge in [0.15, 0.2) is 0 Å². The molecule has 1 aliphatic carbocycles. The number of nitrogens with one attached hydrogen (secondary N) is 2. The SMILES string of the molecule is CC.CCCc1ccc(C)c(N2CCN(C(=O)CCC3(C4CCCC4)NC(=O)NC3=O)CC2)c1. The lowest BCUT2D eigenvalue weighted by molar-refractivity contribution is -0.133.